The van der Waals surface area contributed by atoms with Crippen molar-refractivity contribution >= 4 is 64.9 Å². The van der Waals surface area contributed by atoms with E-state index in [9.17, 15) is 0 Å². The molecule has 10 rings (SSSR count). The zero-order valence-electron chi connectivity index (χ0n) is 26.0. The fourth-order valence-corrected chi connectivity index (χ4v) is 9.06. The predicted molar refractivity (Wildman–Crippen MR) is 197 cm³/mol. The minimum Gasteiger partial charge on any atom is -0.456 e. The quantitative estimate of drug-likeness (QED) is 0.213. The fraction of sp³-hybridized carbons (Fsp3) is 0.0930. The van der Waals surface area contributed by atoms with Crippen molar-refractivity contribution in [2.24, 2.45) is 4.99 Å². The SMILES string of the molecule is CC1(C)c2ccccc2-c2c(C3=CC(c4cccc5c4sc4ccccc45)=NC(c4ccc5oc6ccccc6c5c4)N3)cccc21. The topological polar surface area (TPSA) is 37.5 Å². The predicted octanol–water partition coefficient (Wildman–Crippen LogP) is 11.4. The molecule has 3 heterocycles. The lowest BCUT2D eigenvalue weighted by Gasteiger charge is -2.27. The number of fused-ring (bicyclic) bond motifs is 9. The van der Waals surface area contributed by atoms with Crippen molar-refractivity contribution in [2.45, 2.75) is 25.4 Å². The van der Waals surface area contributed by atoms with Gasteiger partial charge in [0.25, 0.3) is 0 Å². The largest absolute Gasteiger partial charge is 0.456 e. The Hall–Kier alpha value is -5.45. The fourth-order valence-electron chi connectivity index (χ4n) is 7.84. The van der Waals surface area contributed by atoms with Crippen LogP contribution in [0, 0.1) is 0 Å². The van der Waals surface area contributed by atoms with E-state index in [4.69, 9.17) is 9.41 Å². The third-order valence-corrected chi connectivity index (χ3v) is 11.4. The number of hydrogen-bond donors (Lipinski definition) is 1. The number of hydrogen-bond acceptors (Lipinski definition) is 4. The third-order valence-electron chi connectivity index (χ3n) is 10.1. The van der Waals surface area contributed by atoms with Crippen LogP contribution in [0.5, 0.6) is 0 Å². The highest BCUT2D eigenvalue weighted by atomic mass is 32.1. The molecule has 0 radical (unpaired) electrons. The van der Waals surface area contributed by atoms with E-state index in [0.29, 0.717) is 0 Å². The molecule has 0 fully saturated rings. The standard InChI is InChI=1S/C43H30N2OS/c1-43(2)33-17-6-3-13-29(33)40-30(15-10-18-34(40)43)35-24-36(31-16-9-14-28-27-12-5-8-20-39(27)47-41(28)31)45-42(44-35)25-21-22-38-32(23-25)26-11-4-7-19-37(26)46-38/h3-24,42,44H,1-2H3. The number of nitrogens with one attached hydrogen (secondary N) is 1. The van der Waals surface area contributed by atoms with Gasteiger partial charge in [-0.15, -0.1) is 11.3 Å². The Morgan fingerprint density at radius 1 is 0.638 bits per heavy atom. The van der Waals surface area contributed by atoms with Gasteiger partial charge in [-0.2, -0.15) is 0 Å². The molecular formula is C43H30N2OS. The maximum absolute atomic E-state index is 6.19. The molecule has 47 heavy (non-hydrogen) atoms. The number of furan rings is 1. The van der Waals surface area contributed by atoms with E-state index in [0.717, 1.165) is 44.5 Å². The molecule has 0 saturated heterocycles. The molecule has 6 aromatic carbocycles. The molecule has 2 aromatic heterocycles. The molecule has 8 aromatic rings. The Kier molecular flexibility index (Phi) is 5.56. The normalized spacial score (nSPS) is 16.7. The van der Waals surface area contributed by atoms with Gasteiger partial charge < -0.3 is 9.73 Å². The summed E-state index contributed by atoms with van der Waals surface area (Å²) in [5.41, 5.74) is 12.6. The summed E-state index contributed by atoms with van der Waals surface area (Å²) in [6.07, 6.45) is 1.98. The van der Waals surface area contributed by atoms with Crippen molar-refractivity contribution < 1.29 is 4.42 Å². The van der Waals surface area contributed by atoms with Gasteiger partial charge in [-0.05, 0) is 58.2 Å². The van der Waals surface area contributed by atoms with Crippen LogP contribution in [0.4, 0.5) is 0 Å². The highest BCUT2D eigenvalue weighted by Crippen LogP contribution is 2.51. The summed E-state index contributed by atoms with van der Waals surface area (Å²) in [5.74, 6) is 0. The molecule has 0 spiro atoms. The van der Waals surface area contributed by atoms with E-state index < -0.39 is 0 Å². The summed E-state index contributed by atoms with van der Waals surface area (Å²) in [6, 6.07) is 45.7. The van der Waals surface area contributed by atoms with E-state index in [-0.39, 0.29) is 11.6 Å². The minimum atomic E-state index is -0.284. The molecule has 0 saturated carbocycles. The molecule has 3 nitrogen and oxygen atoms in total. The average Bonchev–Trinajstić information content (AvgIpc) is 3.76. The van der Waals surface area contributed by atoms with Crippen LogP contribution in [0.2, 0.25) is 0 Å². The maximum Gasteiger partial charge on any atom is 0.145 e. The maximum atomic E-state index is 6.19. The van der Waals surface area contributed by atoms with Crippen molar-refractivity contribution in [1.82, 2.24) is 5.32 Å². The summed E-state index contributed by atoms with van der Waals surface area (Å²) in [6.45, 7) is 4.68. The number of para-hydroxylation sites is 1. The highest BCUT2D eigenvalue weighted by molar-refractivity contribution is 7.26. The first-order valence-corrected chi connectivity index (χ1v) is 17.0. The van der Waals surface area contributed by atoms with Crippen LogP contribution in [0.15, 0.2) is 143 Å². The molecule has 4 heteroatoms. The van der Waals surface area contributed by atoms with Gasteiger partial charge in [0.05, 0.1) is 5.71 Å². The second-order valence-electron chi connectivity index (χ2n) is 13.2. The number of benzene rings is 6. The van der Waals surface area contributed by atoms with Crippen molar-refractivity contribution in [3.8, 4) is 11.1 Å². The van der Waals surface area contributed by atoms with Crippen molar-refractivity contribution in [1.29, 1.82) is 0 Å². The molecule has 1 aliphatic heterocycles. The molecule has 1 aliphatic carbocycles. The Morgan fingerprint density at radius 2 is 1.34 bits per heavy atom. The molecule has 1 atom stereocenters. The summed E-state index contributed by atoms with van der Waals surface area (Å²) in [7, 11) is 0. The van der Waals surface area contributed by atoms with Gasteiger partial charge >= 0.3 is 0 Å². The molecule has 1 unspecified atom stereocenters. The second-order valence-corrected chi connectivity index (χ2v) is 14.2. The van der Waals surface area contributed by atoms with Crippen LogP contribution in [-0.2, 0) is 5.41 Å². The lowest BCUT2D eigenvalue weighted by Crippen LogP contribution is -2.25. The van der Waals surface area contributed by atoms with Crippen LogP contribution >= 0.6 is 11.3 Å². The zero-order valence-corrected chi connectivity index (χ0v) is 26.9. The number of aliphatic imine (C=N–C) groups is 1. The monoisotopic (exact) mass is 622 g/mol. The van der Waals surface area contributed by atoms with Crippen molar-refractivity contribution in [2.75, 3.05) is 0 Å². The number of thiophene rings is 1. The first-order chi connectivity index (χ1) is 23.0. The van der Waals surface area contributed by atoms with Gasteiger partial charge in [-0.1, -0.05) is 117 Å². The molecule has 0 amide bonds. The minimum absolute atomic E-state index is 0.0798. The smallest absolute Gasteiger partial charge is 0.145 e. The molecule has 224 valence electrons. The summed E-state index contributed by atoms with van der Waals surface area (Å²) < 4.78 is 8.75. The van der Waals surface area contributed by atoms with Crippen LogP contribution in [-0.4, -0.2) is 5.71 Å². The van der Waals surface area contributed by atoms with Gasteiger partial charge in [0, 0.05) is 53.2 Å². The summed E-state index contributed by atoms with van der Waals surface area (Å²) >= 11 is 1.85. The third kappa shape index (κ3) is 3.88. The average molecular weight is 623 g/mol. The van der Waals surface area contributed by atoms with Gasteiger partial charge in [-0.3, -0.25) is 4.99 Å². The molecule has 0 bridgehead atoms. The Labute approximate surface area is 276 Å². The van der Waals surface area contributed by atoms with Crippen molar-refractivity contribution in [3.05, 3.63) is 161 Å². The van der Waals surface area contributed by atoms with Gasteiger partial charge in [0.2, 0.25) is 0 Å². The van der Waals surface area contributed by atoms with E-state index in [1.807, 2.05) is 23.5 Å². The lowest BCUT2D eigenvalue weighted by atomic mass is 9.82. The second kappa shape index (κ2) is 9.78. The van der Waals surface area contributed by atoms with E-state index >= 15 is 0 Å². The Bertz CT molecular complexity index is 2650. The highest BCUT2D eigenvalue weighted by Gasteiger charge is 2.37. The summed E-state index contributed by atoms with van der Waals surface area (Å²) in [4.78, 5) is 5.46. The lowest BCUT2D eigenvalue weighted by molar-refractivity contribution is 0.656. The van der Waals surface area contributed by atoms with Gasteiger partial charge in [0.1, 0.15) is 17.3 Å². The van der Waals surface area contributed by atoms with Crippen LogP contribution in [0.25, 0.3) is 58.9 Å². The van der Waals surface area contributed by atoms with Gasteiger partial charge in [-0.25, -0.2) is 0 Å². The Morgan fingerprint density at radius 3 is 2.28 bits per heavy atom. The number of nitrogens with zero attached hydrogens (tertiary/aromatic N) is 1. The first kappa shape index (κ1) is 26.7. The molecular weight excluding hydrogens is 593 g/mol. The van der Waals surface area contributed by atoms with E-state index in [1.165, 1.54) is 48.0 Å². The molecule has 1 N–H and O–H groups in total. The van der Waals surface area contributed by atoms with E-state index in [2.05, 4.69) is 141 Å². The van der Waals surface area contributed by atoms with Crippen LogP contribution in [0.1, 0.15) is 47.8 Å². The van der Waals surface area contributed by atoms with E-state index in [1.54, 1.807) is 0 Å². The first-order valence-electron chi connectivity index (χ1n) is 16.2. The number of rotatable bonds is 3. The van der Waals surface area contributed by atoms with Crippen molar-refractivity contribution in [3.63, 3.8) is 0 Å². The number of allylic oxidation sites excluding steroid dienone is 1. The Balaban J connectivity index is 1.20. The molecule has 2 aliphatic rings. The van der Waals surface area contributed by atoms with Crippen LogP contribution < -0.4 is 5.32 Å². The van der Waals surface area contributed by atoms with Gasteiger partial charge in [0.15, 0.2) is 0 Å². The summed E-state index contributed by atoms with van der Waals surface area (Å²) in [5, 5.41) is 8.70. The van der Waals surface area contributed by atoms with Crippen LogP contribution in [0.3, 0.4) is 0 Å². The zero-order chi connectivity index (χ0) is 31.3.